The van der Waals surface area contributed by atoms with Crippen molar-refractivity contribution in [3.8, 4) is 0 Å². The van der Waals surface area contributed by atoms with E-state index in [9.17, 15) is 4.79 Å². The molecule has 1 aromatic carbocycles. The third-order valence-electron chi connectivity index (χ3n) is 2.23. The van der Waals surface area contributed by atoms with E-state index in [-0.39, 0.29) is 11.4 Å². The summed E-state index contributed by atoms with van der Waals surface area (Å²) in [4.78, 5) is 11.8. The van der Waals surface area contributed by atoms with Crippen LogP contribution in [-0.2, 0) is 4.79 Å². The van der Waals surface area contributed by atoms with E-state index in [0.717, 1.165) is 10.5 Å². The Bertz CT molecular complexity index is 481. The van der Waals surface area contributed by atoms with Crippen molar-refractivity contribution in [2.75, 3.05) is 6.26 Å². The van der Waals surface area contributed by atoms with Crippen molar-refractivity contribution in [3.63, 3.8) is 0 Å². The molecule has 96 valence electrons. The molecule has 0 spiro atoms. The highest BCUT2D eigenvalue weighted by molar-refractivity contribution is 7.98. The number of nitrogens with two attached hydrogens (primary N) is 2. The lowest BCUT2D eigenvalue weighted by atomic mass is 10.2. The lowest BCUT2D eigenvalue weighted by Gasteiger charge is -2.03. The minimum Gasteiger partial charge on any atom is -0.477 e. The number of rotatable bonds is 5. The van der Waals surface area contributed by atoms with Crippen LogP contribution in [0.1, 0.15) is 5.56 Å². The number of aliphatic carboxylic acids is 1. The number of nitrogens with one attached hydrogen (secondary N) is 1. The molecule has 18 heavy (non-hydrogen) atoms. The largest absolute Gasteiger partial charge is 0.477 e. The van der Waals surface area contributed by atoms with Crippen molar-refractivity contribution in [1.29, 1.82) is 0 Å². The molecule has 0 unspecified atom stereocenters. The van der Waals surface area contributed by atoms with Crippen LogP contribution in [0.3, 0.4) is 0 Å². The molecular formula is C12H15N3O2S. The van der Waals surface area contributed by atoms with Gasteiger partial charge >= 0.3 is 5.97 Å². The Hall–Kier alpha value is -1.92. The topological polar surface area (TPSA) is 101 Å². The molecule has 0 bridgehead atoms. The number of thioether (sulfide) groups is 1. The van der Waals surface area contributed by atoms with Gasteiger partial charge in [0.15, 0.2) is 0 Å². The van der Waals surface area contributed by atoms with E-state index < -0.39 is 5.97 Å². The van der Waals surface area contributed by atoms with Gasteiger partial charge in [0.1, 0.15) is 5.70 Å². The SMILES string of the molecule is CSc1ccc(/C=C/C(NN)=C(/N)C(=O)O)cc1. The number of carbonyl (C=O) groups is 1. The Balaban J connectivity index is 2.90. The van der Waals surface area contributed by atoms with Gasteiger partial charge in [-0.1, -0.05) is 18.2 Å². The van der Waals surface area contributed by atoms with E-state index in [4.69, 9.17) is 16.7 Å². The molecule has 0 saturated heterocycles. The molecule has 1 rings (SSSR count). The zero-order valence-corrected chi connectivity index (χ0v) is 10.7. The van der Waals surface area contributed by atoms with Crippen molar-refractivity contribution < 1.29 is 9.90 Å². The molecule has 6 N–H and O–H groups in total. The van der Waals surface area contributed by atoms with Crippen LogP contribution in [-0.4, -0.2) is 17.3 Å². The van der Waals surface area contributed by atoms with Gasteiger partial charge in [-0.2, -0.15) is 0 Å². The summed E-state index contributed by atoms with van der Waals surface area (Å²) in [7, 11) is 0. The lowest BCUT2D eigenvalue weighted by Crippen LogP contribution is -2.26. The zero-order chi connectivity index (χ0) is 13.5. The first kappa shape index (κ1) is 14.1. The lowest BCUT2D eigenvalue weighted by molar-refractivity contribution is -0.132. The normalized spacial score (nSPS) is 12.3. The van der Waals surface area contributed by atoms with Gasteiger partial charge in [0, 0.05) is 4.90 Å². The van der Waals surface area contributed by atoms with Gasteiger partial charge in [-0.15, -0.1) is 11.8 Å². The number of hydrazine groups is 1. The second-order valence-electron chi connectivity index (χ2n) is 3.38. The smallest absolute Gasteiger partial charge is 0.353 e. The molecule has 0 heterocycles. The Morgan fingerprint density at radius 3 is 2.44 bits per heavy atom. The number of benzene rings is 1. The highest BCUT2D eigenvalue weighted by atomic mass is 32.2. The van der Waals surface area contributed by atoms with Crippen LogP contribution >= 0.6 is 11.8 Å². The van der Waals surface area contributed by atoms with Crippen LogP contribution in [0.5, 0.6) is 0 Å². The molecule has 0 amide bonds. The second kappa shape index (κ2) is 6.73. The predicted molar refractivity (Wildman–Crippen MR) is 73.4 cm³/mol. The molecule has 5 nitrogen and oxygen atoms in total. The Labute approximate surface area is 110 Å². The van der Waals surface area contributed by atoms with Gasteiger partial charge in [-0.05, 0) is 30.0 Å². The predicted octanol–water partition coefficient (Wildman–Crippen LogP) is 1.14. The number of hydrogen-bond acceptors (Lipinski definition) is 5. The minimum absolute atomic E-state index is 0.163. The molecular weight excluding hydrogens is 250 g/mol. The summed E-state index contributed by atoms with van der Waals surface area (Å²) in [6.45, 7) is 0. The van der Waals surface area contributed by atoms with Gasteiger partial charge in [0.25, 0.3) is 0 Å². The first-order chi connectivity index (χ1) is 8.58. The molecule has 6 heteroatoms. The van der Waals surface area contributed by atoms with Crippen molar-refractivity contribution >= 4 is 23.8 Å². The van der Waals surface area contributed by atoms with Crippen LogP contribution < -0.4 is 17.0 Å². The van der Waals surface area contributed by atoms with Crippen molar-refractivity contribution in [3.05, 3.63) is 47.3 Å². The molecule has 0 aromatic heterocycles. The van der Waals surface area contributed by atoms with E-state index >= 15 is 0 Å². The zero-order valence-electron chi connectivity index (χ0n) is 9.88. The number of carboxylic acid groups (broad SMARTS) is 1. The summed E-state index contributed by atoms with van der Waals surface area (Å²) in [6.07, 6.45) is 5.25. The first-order valence-corrected chi connectivity index (χ1v) is 6.32. The maximum atomic E-state index is 10.7. The highest BCUT2D eigenvalue weighted by Gasteiger charge is 2.06. The summed E-state index contributed by atoms with van der Waals surface area (Å²) in [5, 5.41) is 8.73. The average Bonchev–Trinajstić information content (AvgIpc) is 2.39. The molecule has 0 aliphatic heterocycles. The average molecular weight is 265 g/mol. The van der Waals surface area contributed by atoms with E-state index in [2.05, 4.69) is 5.43 Å². The summed E-state index contributed by atoms with van der Waals surface area (Å²) >= 11 is 1.65. The van der Waals surface area contributed by atoms with Gasteiger partial charge in [0.2, 0.25) is 0 Å². The van der Waals surface area contributed by atoms with E-state index in [1.807, 2.05) is 30.5 Å². The molecule has 0 aliphatic carbocycles. The van der Waals surface area contributed by atoms with Crippen molar-refractivity contribution in [2.45, 2.75) is 4.90 Å². The Morgan fingerprint density at radius 2 is 2.00 bits per heavy atom. The van der Waals surface area contributed by atoms with Gasteiger partial charge < -0.3 is 16.3 Å². The number of carboxylic acids is 1. The molecule has 1 aromatic rings. The fourth-order valence-corrected chi connectivity index (χ4v) is 1.63. The summed E-state index contributed by atoms with van der Waals surface area (Å²) in [5.74, 6) is 4.00. The van der Waals surface area contributed by atoms with Crippen molar-refractivity contribution in [1.82, 2.24) is 5.43 Å². The minimum atomic E-state index is -1.22. The van der Waals surface area contributed by atoms with Gasteiger partial charge in [-0.25, -0.2) is 4.79 Å². The third kappa shape index (κ3) is 3.83. The maximum Gasteiger partial charge on any atom is 0.353 e. The fraction of sp³-hybridized carbons (Fsp3) is 0.0833. The second-order valence-corrected chi connectivity index (χ2v) is 4.26. The quantitative estimate of drug-likeness (QED) is 0.209. The highest BCUT2D eigenvalue weighted by Crippen LogP contribution is 2.15. The monoisotopic (exact) mass is 265 g/mol. The van der Waals surface area contributed by atoms with E-state index in [1.165, 1.54) is 6.08 Å². The Kier molecular flexibility index (Phi) is 5.29. The molecule has 0 fully saturated rings. The van der Waals surface area contributed by atoms with Crippen LogP contribution in [0, 0.1) is 0 Å². The number of hydrogen-bond donors (Lipinski definition) is 4. The molecule has 0 atom stereocenters. The van der Waals surface area contributed by atoms with Gasteiger partial charge in [0.05, 0.1) is 5.70 Å². The molecule has 0 radical (unpaired) electrons. The Morgan fingerprint density at radius 1 is 1.39 bits per heavy atom. The van der Waals surface area contributed by atoms with E-state index in [0.29, 0.717) is 0 Å². The van der Waals surface area contributed by atoms with Gasteiger partial charge in [-0.3, -0.25) is 5.84 Å². The van der Waals surface area contributed by atoms with E-state index in [1.54, 1.807) is 17.8 Å². The standard InChI is InChI=1S/C12H15N3O2S/c1-18-9-5-2-8(3-6-9)4-7-10(15-14)11(13)12(16)17/h2-7,15H,13-14H2,1H3,(H,16,17)/b7-4+,11-10-. The van der Waals surface area contributed by atoms with Crippen LogP contribution in [0.4, 0.5) is 0 Å². The van der Waals surface area contributed by atoms with Crippen LogP contribution in [0.15, 0.2) is 46.6 Å². The molecule has 0 aliphatic rings. The van der Waals surface area contributed by atoms with Crippen LogP contribution in [0.2, 0.25) is 0 Å². The molecule has 0 saturated carbocycles. The summed E-state index contributed by atoms with van der Waals surface area (Å²) < 4.78 is 0. The maximum absolute atomic E-state index is 10.7. The number of allylic oxidation sites excluding steroid dienone is 1. The summed E-state index contributed by atoms with van der Waals surface area (Å²) in [5.41, 5.74) is 8.39. The van der Waals surface area contributed by atoms with Crippen LogP contribution in [0.25, 0.3) is 6.08 Å². The van der Waals surface area contributed by atoms with Crippen molar-refractivity contribution in [2.24, 2.45) is 11.6 Å². The fourth-order valence-electron chi connectivity index (χ4n) is 1.23. The summed E-state index contributed by atoms with van der Waals surface area (Å²) in [6, 6.07) is 7.80. The first-order valence-electron chi connectivity index (χ1n) is 5.10. The third-order valence-corrected chi connectivity index (χ3v) is 2.98.